The summed E-state index contributed by atoms with van der Waals surface area (Å²) in [6.07, 6.45) is -4.74. The molecule has 0 radical (unpaired) electrons. The van der Waals surface area contributed by atoms with Gasteiger partial charge in [0, 0.05) is 19.8 Å². The zero-order valence-corrected chi connectivity index (χ0v) is 16.2. The topological polar surface area (TPSA) is 67.5 Å². The highest BCUT2D eigenvalue weighted by molar-refractivity contribution is 5.91. The third-order valence-electron chi connectivity index (χ3n) is 4.81. The highest BCUT2D eigenvalue weighted by atomic mass is 19.4. The van der Waals surface area contributed by atoms with E-state index in [-0.39, 0.29) is 30.2 Å². The maximum absolute atomic E-state index is 12.2. The summed E-state index contributed by atoms with van der Waals surface area (Å²) >= 11 is 0. The molecule has 2 amide bonds. The molecule has 7 nitrogen and oxygen atoms in total. The molecule has 1 atom stereocenters. The normalized spacial score (nSPS) is 20.9. The lowest BCUT2D eigenvalue weighted by molar-refractivity contribution is -1.01. The van der Waals surface area contributed by atoms with Crippen molar-refractivity contribution >= 4 is 17.5 Å². The van der Waals surface area contributed by atoms with E-state index < -0.39 is 6.36 Å². The first-order valence-corrected chi connectivity index (χ1v) is 9.10. The van der Waals surface area contributed by atoms with E-state index in [0.717, 1.165) is 43.2 Å². The Hall–Kier alpha value is -2.33. The monoisotopic (exact) mass is 404 g/mol. The Morgan fingerprint density at radius 3 is 2.21 bits per heavy atom. The maximum Gasteiger partial charge on any atom is 0.573 e. The zero-order valence-electron chi connectivity index (χ0n) is 16.2. The van der Waals surface area contributed by atoms with Crippen molar-refractivity contribution in [2.24, 2.45) is 0 Å². The van der Waals surface area contributed by atoms with Crippen LogP contribution in [-0.4, -0.2) is 75.9 Å². The minimum absolute atomic E-state index is 0.0918. The predicted molar refractivity (Wildman–Crippen MR) is 96.2 cm³/mol. The average molecular weight is 404 g/mol. The number of ether oxygens (including phenoxy) is 1. The summed E-state index contributed by atoms with van der Waals surface area (Å²) in [6.45, 7) is 5.32. The van der Waals surface area contributed by atoms with Crippen molar-refractivity contribution in [2.45, 2.75) is 19.3 Å². The SMILES string of the molecule is C[C@@H](C(=O)N(C)C)[NH+]1CC[NH+](CC(=O)Nc2ccc(OC(F)(F)F)cc2)CC1. The minimum Gasteiger partial charge on any atom is -0.406 e. The summed E-state index contributed by atoms with van der Waals surface area (Å²) in [5.74, 6) is -0.453. The molecule has 2 rings (SSSR count). The Morgan fingerprint density at radius 2 is 1.71 bits per heavy atom. The quantitative estimate of drug-likeness (QED) is 0.557. The predicted octanol–water partition coefficient (Wildman–Crippen LogP) is -1.22. The number of nitrogens with zero attached hydrogens (tertiary/aromatic N) is 1. The van der Waals surface area contributed by atoms with Crippen molar-refractivity contribution in [1.29, 1.82) is 0 Å². The molecule has 0 spiro atoms. The summed E-state index contributed by atoms with van der Waals surface area (Å²) < 4.78 is 40.3. The first-order valence-electron chi connectivity index (χ1n) is 9.10. The minimum atomic E-state index is -4.74. The van der Waals surface area contributed by atoms with Crippen molar-refractivity contribution in [3.8, 4) is 5.75 Å². The number of carbonyl (C=O) groups excluding carboxylic acids is 2. The van der Waals surface area contributed by atoms with Crippen LogP contribution in [0.3, 0.4) is 0 Å². The van der Waals surface area contributed by atoms with Crippen LogP contribution in [-0.2, 0) is 9.59 Å². The highest BCUT2D eigenvalue weighted by Crippen LogP contribution is 2.23. The van der Waals surface area contributed by atoms with Crippen molar-refractivity contribution in [2.75, 3.05) is 52.1 Å². The molecule has 0 unspecified atom stereocenters. The average Bonchev–Trinajstić information content (AvgIpc) is 2.61. The molecule has 1 heterocycles. The van der Waals surface area contributed by atoms with Crippen LogP contribution in [0, 0.1) is 0 Å². The molecule has 156 valence electrons. The van der Waals surface area contributed by atoms with Crippen molar-refractivity contribution in [3.63, 3.8) is 0 Å². The number of alkyl halides is 3. The molecule has 1 saturated heterocycles. The number of anilines is 1. The molecule has 0 bridgehead atoms. The van der Waals surface area contributed by atoms with Crippen molar-refractivity contribution in [1.82, 2.24) is 4.90 Å². The van der Waals surface area contributed by atoms with E-state index in [4.69, 9.17) is 0 Å². The summed E-state index contributed by atoms with van der Waals surface area (Å²) in [5.41, 5.74) is 0.411. The molecular formula is C18H27F3N4O3+2. The lowest BCUT2D eigenvalue weighted by Crippen LogP contribution is -3.30. The third kappa shape index (κ3) is 6.68. The van der Waals surface area contributed by atoms with Crippen LogP contribution in [0.2, 0.25) is 0 Å². The molecule has 1 aromatic carbocycles. The number of rotatable bonds is 6. The maximum atomic E-state index is 12.2. The molecule has 0 aromatic heterocycles. The van der Waals surface area contributed by atoms with Gasteiger partial charge in [0.2, 0.25) is 0 Å². The van der Waals surface area contributed by atoms with Crippen LogP contribution >= 0.6 is 0 Å². The number of hydrogen-bond acceptors (Lipinski definition) is 3. The fourth-order valence-electron chi connectivity index (χ4n) is 3.27. The van der Waals surface area contributed by atoms with Crippen LogP contribution in [0.4, 0.5) is 18.9 Å². The molecule has 1 aliphatic heterocycles. The van der Waals surface area contributed by atoms with E-state index in [1.807, 2.05) is 6.92 Å². The van der Waals surface area contributed by atoms with E-state index in [1.165, 1.54) is 17.0 Å². The van der Waals surface area contributed by atoms with Crippen LogP contribution in [0.1, 0.15) is 6.92 Å². The van der Waals surface area contributed by atoms with E-state index in [9.17, 15) is 22.8 Å². The largest absolute Gasteiger partial charge is 0.573 e. The number of nitrogens with one attached hydrogen (secondary N) is 3. The summed E-state index contributed by atoms with van der Waals surface area (Å²) in [4.78, 5) is 28.2. The van der Waals surface area contributed by atoms with E-state index in [2.05, 4.69) is 10.1 Å². The lowest BCUT2D eigenvalue weighted by Gasteiger charge is -2.33. The second-order valence-corrected chi connectivity index (χ2v) is 7.16. The molecule has 10 heteroatoms. The number of quaternary nitrogens is 2. The van der Waals surface area contributed by atoms with Crippen LogP contribution in [0.5, 0.6) is 5.75 Å². The Balaban J connectivity index is 1.78. The van der Waals surface area contributed by atoms with Gasteiger partial charge in [-0.2, -0.15) is 0 Å². The fourth-order valence-corrected chi connectivity index (χ4v) is 3.27. The van der Waals surface area contributed by atoms with Gasteiger partial charge in [0.1, 0.15) is 31.9 Å². The van der Waals surface area contributed by atoms with Gasteiger partial charge in [0.05, 0.1) is 0 Å². The Bertz CT molecular complexity index is 672. The summed E-state index contributed by atoms with van der Waals surface area (Å²) in [5, 5.41) is 2.68. The first kappa shape index (κ1) is 22.0. The number of amides is 2. The van der Waals surface area contributed by atoms with Crippen molar-refractivity contribution in [3.05, 3.63) is 24.3 Å². The van der Waals surface area contributed by atoms with E-state index in [0.29, 0.717) is 5.69 Å². The number of hydrogen-bond donors (Lipinski definition) is 3. The Labute approximate surface area is 162 Å². The zero-order chi connectivity index (χ0) is 20.9. The van der Waals surface area contributed by atoms with Gasteiger partial charge in [-0.25, -0.2) is 0 Å². The Kier molecular flexibility index (Phi) is 7.25. The number of piperazine rings is 1. The van der Waals surface area contributed by atoms with Gasteiger partial charge in [-0.15, -0.1) is 13.2 Å². The van der Waals surface area contributed by atoms with Gasteiger partial charge < -0.3 is 24.8 Å². The Morgan fingerprint density at radius 1 is 1.14 bits per heavy atom. The van der Waals surface area contributed by atoms with Crippen LogP contribution < -0.4 is 19.9 Å². The molecule has 0 saturated carbocycles. The van der Waals surface area contributed by atoms with E-state index in [1.54, 1.807) is 19.0 Å². The number of carbonyl (C=O) groups is 2. The van der Waals surface area contributed by atoms with Gasteiger partial charge >= 0.3 is 6.36 Å². The van der Waals surface area contributed by atoms with E-state index >= 15 is 0 Å². The van der Waals surface area contributed by atoms with Gasteiger partial charge in [-0.1, -0.05) is 0 Å². The van der Waals surface area contributed by atoms with Crippen LogP contribution in [0.25, 0.3) is 0 Å². The molecule has 1 aliphatic rings. The smallest absolute Gasteiger partial charge is 0.406 e. The van der Waals surface area contributed by atoms with Crippen LogP contribution in [0.15, 0.2) is 24.3 Å². The standard InChI is InChI=1S/C18H25F3N4O3/c1-13(17(27)23(2)3)25-10-8-24(9-11-25)12-16(26)22-14-4-6-15(7-5-14)28-18(19,20)21/h4-7,13H,8-12H2,1-3H3,(H,22,26)/p+2/t13-/m0/s1. The van der Waals surface area contributed by atoms with Crippen molar-refractivity contribution < 1.29 is 37.3 Å². The molecule has 28 heavy (non-hydrogen) atoms. The lowest BCUT2D eigenvalue weighted by atomic mass is 10.2. The number of likely N-dealkylation sites (N-methyl/N-ethyl adjacent to an activating group) is 1. The molecule has 1 fully saturated rings. The van der Waals surface area contributed by atoms with Gasteiger partial charge in [-0.05, 0) is 31.2 Å². The highest BCUT2D eigenvalue weighted by Gasteiger charge is 2.33. The summed E-state index contributed by atoms with van der Waals surface area (Å²) in [6, 6.07) is 4.93. The van der Waals surface area contributed by atoms with Gasteiger partial charge in [0.15, 0.2) is 12.6 Å². The first-order chi connectivity index (χ1) is 13.0. The fraction of sp³-hybridized carbons (Fsp3) is 0.556. The van der Waals surface area contributed by atoms with Gasteiger partial charge in [0.25, 0.3) is 11.8 Å². The second-order valence-electron chi connectivity index (χ2n) is 7.16. The molecule has 3 N–H and O–H groups in total. The molecular weight excluding hydrogens is 377 g/mol. The second kappa shape index (κ2) is 9.24. The third-order valence-corrected chi connectivity index (χ3v) is 4.81. The molecule has 1 aromatic rings. The summed E-state index contributed by atoms with van der Waals surface area (Å²) in [7, 11) is 3.48. The van der Waals surface area contributed by atoms with Gasteiger partial charge in [-0.3, -0.25) is 9.59 Å². The number of benzene rings is 1. The number of halogens is 3. The molecule has 0 aliphatic carbocycles.